The molecule has 0 radical (unpaired) electrons. The molecular weight excluding hydrogens is 238 g/mol. The molecule has 4 heteroatoms. The van der Waals surface area contributed by atoms with E-state index in [0.717, 1.165) is 51.5 Å². The molecule has 2 atom stereocenters. The minimum Gasteiger partial charge on any atom is -0.380 e. The summed E-state index contributed by atoms with van der Waals surface area (Å²) in [5.41, 5.74) is -0.289. The van der Waals surface area contributed by atoms with Crippen LogP contribution in [0.2, 0.25) is 0 Å². The van der Waals surface area contributed by atoms with Gasteiger partial charge in [-0.05, 0) is 51.6 Å². The number of hydrogen-bond donors (Lipinski definition) is 1. The molecule has 2 unspecified atom stereocenters. The molecule has 2 fully saturated rings. The second-order valence-corrected chi connectivity index (χ2v) is 6.12. The van der Waals surface area contributed by atoms with Crippen molar-refractivity contribution < 1.29 is 4.74 Å². The van der Waals surface area contributed by atoms with Crippen LogP contribution < -0.4 is 5.32 Å². The second kappa shape index (κ2) is 6.69. The van der Waals surface area contributed by atoms with E-state index in [1.54, 1.807) is 0 Å². The lowest BCUT2D eigenvalue weighted by molar-refractivity contribution is 0.0912. The van der Waals surface area contributed by atoms with Gasteiger partial charge in [-0.25, -0.2) is 0 Å². The topological polar surface area (TPSA) is 48.3 Å². The smallest absolute Gasteiger partial charge is 0.108 e. The Kier molecular flexibility index (Phi) is 5.20. The third-order valence-corrected chi connectivity index (χ3v) is 4.48. The largest absolute Gasteiger partial charge is 0.380 e. The van der Waals surface area contributed by atoms with Crippen molar-refractivity contribution in [2.75, 3.05) is 33.4 Å². The predicted octanol–water partition coefficient (Wildman–Crippen LogP) is 1.77. The average molecular weight is 265 g/mol. The molecule has 108 valence electrons. The van der Waals surface area contributed by atoms with Crippen LogP contribution in [0.4, 0.5) is 0 Å². The maximum absolute atomic E-state index is 9.37. The molecule has 0 aromatic carbocycles. The lowest BCUT2D eigenvalue weighted by Crippen LogP contribution is -2.43. The maximum atomic E-state index is 9.37. The zero-order valence-corrected chi connectivity index (χ0v) is 12.3. The highest BCUT2D eigenvalue weighted by molar-refractivity contribution is 5.13. The van der Waals surface area contributed by atoms with Crippen LogP contribution in [0.1, 0.15) is 39.0 Å². The lowest BCUT2D eigenvalue weighted by Gasteiger charge is -2.26. The summed E-state index contributed by atoms with van der Waals surface area (Å²) in [5.74, 6) is 0.844. The van der Waals surface area contributed by atoms with Crippen molar-refractivity contribution in [3.8, 4) is 6.07 Å². The first-order valence-electron chi connectivity index (χ1n) is 7.63. The van der Waals surface area contributed by atoms with Crippen LogP contribution in [0.3, 0.4) is 0 Å². The van der Waals surface area contributed by atoms with Gasteiger partial charge in [0, 0.05) is 19.2 Å². The molecule has 2 saturated carbocycles. The highest BCUT2D eigenvalue weighted by atomic mass is 16.5. The number of hydrogen-bond acceptors (Lipinski definition) is 4. The molecule has 4 nitrogen and oxygen atoms in total. The van der Waals surface area contributed by atoms with E-state index < -0.39 is 0 Å². The molecule has 0 aromatic heterocycles. The normalized spacial score (nSPS) is 30.7. The number of likely N-dealkylation sites (N-methyl/N-ethyl adjacent to an activating group) is 1. The van der Waals surface area contributed by atoms with E-state index in [4.69, 9.17) is 4.74 Å². The fourth-order valence-corrected chi connectivity index (χ4v) is 2.96. The third kappa shape index (κ3) is 4.17. The van der Waals surface area contributed by atoms with Gasteiger partial charge in [-0.15, -0.1) is 0 Å². The van der Waals surface area contributed by atoms with Gasteiger partial charge in [0.1, 0.15) is 5.54 Å². The number of nitriles is 1. The Morgan fingerprint density at radius 1 is 1.42 bits per heavy atom. The van der Waals surface area contributed by atoms with Crippen LogP contribution >= 0.6 is 0 Å². The summed E-state index contributed by atoms with van der Waals surface area (Å²) in [6.07, 6.45) is 5.73. The highest BCUT2D eigenvalue weighted by Crippen LogP contribution is 2.32. The fraction of sp³-hybridized carbons (Fsp3) is 0.933. The quantitative estimate of drug-likeness (QED) is 0.680. The van der Waals surface area contributed by atoms with Crippen LogP contribution in [0.25, 0.3) is 0 Å². The van der Waals surface area contributed by atoms with E-state index in [2.05, 4.69) is 30.3 Å². The Balaban J connectivity index is 1.68. The SMILES string of the molecule is CCNC1(C#N)CCC(N(C)CCOCC2CC2)C1. The number of rotatable bonds is 8. The molecule has 0 spiro atoms. The molecule has 0 amide bonds. The average Bonchev–Trinajstić information content (AvgIpc) is 3.14. The zero-order valence-electron chi connectivity index (χ0n) is 12.3. The number of nitrogens with one attached hydrogen (secondary N) is 1. The predicted molar refractivity (Wildman–Crippen MR) is 75.8 cm³/mol. The van der Waals surface area contributed by atoms with Gasteiger partial charge in [0.15, 0.2) is 0 Å². The zero-order chi connectivity index (χ0) is 13.7. The molecule has 0 aliphatic heterocycles. The minimum atomic E-state index is -0.289. The van der Waals surface area contributed by atoms with Gasteiger partial charge >= 0.3 is 0 Å². The van der Waals surface area contributed by atoms with Crippen molar-refractivity contribution in [2.24, 2.45) is 5.92 Å². The molecule has 0 aromatic rings. The molecule has 0 heterocycles. The minimum absolute atomic E-state index is 0.289. The molecule has 19 heavy (non-hydrogen) atoms. The molecule has 2 rings (SSSR count). The maximum Gasteiger partial charge on any atom is 0.108 e. The first-order valence-corrected chi connectivity index (χ1v) is 7.63. The fourth-order valence-electron chi connectivity index (χ4n) is 2.96. The Morgan fingerprint density at radius 3 is 2.84 bits per heavy atom. The van der Waals surface area contributed by atoms with E-state index >= 15 is 0 Å². The van der Waals surface area contributed by atoms with E-state index in [-0.39, 0.29) is 5.54 Å². The molecule has 0 saturated heterocycles. The standard InChI is InChI=1S/C15H27N3O/c1-3-17-15(12-16)7-6-14(10-15)18(2)8-9-19-11-13-4-5-13/h13-14,17H,3-11H2,1-2H3. The van der Waals surface area contributed by atoms with E-state index in [1.165, 1.54) is 12.8 Å². The Hall–Kier alpha value is -0.630. The van der Waals surface area contributed by atoms with Crippen molar-refractivity contribution in [2.45, 2.75) is 50.6 Å². The van der Waals surface area contributed by atoms with Crippen molar-refractivity contribution in [1.29, 1.82) is 5.26 Å². The van der Waals surface area contributed by atoms with Crippen molar-refractivity contribution in [3.63, 3.8) is 0 Å². The van der Waals surface area contributed by atoms with Gasteiger partial charge < -0.3 is 9.64 Å². The van der Waals surface area contributed by atoms with Crippen LogP contribution in [-0.2, 0) is 4.74 Å². The lowest BCUT2D eigenvalue weighted by atomic mass is 9.99. The van der Waals surface area contributed by atoms with Gasteiger partial charge in [0.05, 0.1) is 12.7 Å². The summed E-state index contributed by atoms with van der Waals surface area (Å²) in [4.78, 5) is 2.36. The Morgan fingerprint density at radius 2 is 2.21 bits per heavy atom. The first kappa shape index (κ1) is 14.8. The summed E-state index contributed by atoms with van der Waals surface area (Å²) in [7, 11) is 2.16. The van der Waals surface area contributed by atoms with Crippen LogP contribution in [0.15, 0.2) is 0 Å². The molecule has 1 N–H and O–H groups in total. The Labute approximate surface area is 117 Å². The Bertz CT molecular complexity index is 324. The molecular formula is C15H27N3O. The number of ether oxygens (including phenoxy) is 1. The monoisotopic (exact) mass is 265 g/mol. The second-order valence-electron chi connectivity index (χ2n) is 6.12. The summed E-state index contributed by atoms with van der Waals surface area (Å²) >= 11 is 0. The van der Waals surface area contributed by atoms with Crippen molar-refractivity contribution >= 4 is 0 Å². The number of nitrogens with zero attached hydrogens (tertiary/aromatic N) is 2. The van der Waals surface area contributed by atoms with Crippen molar-refractivity contribution in [1.82, 2.24) is 10.2 Å². The first-order chi connectivity index (χ1) is 9.19. The van der Waals surface area contributed by atoms with Crippen LogP contribution in [0.5, 0.6) is 0 Å². The van der Waals surface area contributed by atoms with Gasteiger partial charge in [0.25, 0.3) is 0 Å². The van der Waals surface area contributed by atoms with Gasteiger partial charge in [-0.2, -0.15) is 5.26 Å². The van der Waals surface area contributed by atoms with Crippen molar-refractivity contribution in [3.05, 3.63) is 0 Å². The highest BCUT2D eigenvalue weighted by Gasteiger charge is 2.40. The van der Waals surface area contributed by atoms with E-state index in [0.29, 0.717) is 6.04 Å². The molecule has 2 aliphatic carbocycles. The van der Waals surface area contributed by atoms with Crippen LogP contribution in [0, 0.1) is 17.2 Å². The van der Waals surface area contributed by atoms with E-state index in [9.17, 15) is 5.26 Å². The molecule has 0 bridgehead atoms. The van der Waals surface area contributed by atoms with Gasteiger partial charge in [-0.1, -0.05) is 6.92 Å². The summed E-state index contributed by atoms with van der Waals surface area (Å²) in [6.45, 7) is 5.68. The van der Waals surface area contributed by atoms with Gasteiger partial charge in [0.2, 0.25) is 0 Å². The van der Waals surface area contributed by atoms with Gasteiger partial charge in [-0.3, -0.25) is 5.32 Å². The van der Waals surface area contributed by atoms with E-state index in [1.807, 2.05) is 0 Å². The summed E-state index contributed by atoms with van der Waals surface area (Å²) in [5, 5.41) is 12.7. The summed E-state index contributed by atoms with van der Waals surface area (Å²) < 4.78 is 5.69. The summed E-state index contributed by atoms with van der Waals surface area (Å²) in [6, 6.07) is 3.00. The molecule has 2 aliphatic rings. The van der Waals surface area contributed by atoms with Crippen LogP contribution in [-0.4, -0.2) is 49.8 Å². The third-order valence-electron chi connectivity index (χ3n) is 4.48.